The van der Waals surface area contributed by atoms with Crippen molar-refractivity contribution in [3.63, 3.8) is 0 Å². The highest BCUT2D eigenvalue weighted by Gasteiger charge is 2.44. The Balaban J connectivity index is 1.64. The smallest absolute Gasteiger partial charge is 0.313 e. The standard InChI is InChI=1S/C19H22N2O6/c1-27-12-19(18(25)26)8-4-9-20(11-19)15(22)7-10-21-16(23)13-5-2-3-6-14(13)17(21)24/h2-3,5-6H,4,7-12H2,1H3,(H,25,26). The molecule has 1 aromatic carbocycles. The molecule has 0 bridgehead atoms. The van der Waals surface area contributed by atoms with Crippen molar-refractivity contribution in [2.24, 2.45) is 5.41 Å². The van der Waals surface area contributed by atoms with E-state index in [2.05, 4.69) is 0 Å². The number of amides is 3. The van der Waals surface area contributed by atoms with Crippen LogP contribution in [0.5, 0.6) is 0 Å². The molecular formula is C19H22N2O6. The molecule has 0 aromatic heterocycles. The van der Waals surface area contributed by atoms with E-state index < -0.39 is 23.2 Å². The Labute approximate surface area is 156 Å². The second kappa shape index (κ2) is 7.48. The number of carbonyl (C=O) groups is 4. The van der Waals surface area contributed by atoms with Crippen LogP contribution in [0.2, 0.25) is 0 Å². The molecule has 0 aliphatic carbocycles. The van der Waals surface area contributed by atoms with Crippen LogP contribution in [0.3, 0.4) is 0 Å². The SMILES string of the molecule is COCC1(C(=O)O)CCCN(C(=O)CCN2C(=O)c3ccccc3C2=O)C1. The molecule has 3 rings (SSSR count). The number of carboxylic acids is 1. The number of ether oxygens (including phenoxy) is 1. The summed E-state index contributed by atoms with van der Waals surface area (Å²) in [4.78, 5) is 51.6. The molecule has 2 aliphatic heterocycles. The van der Waals surface area contributed by atoms with Gasteiger partial charge in [0.2, 0.25) is 5.91 Å². The zero-order valence-electron chi connectivity index (χ0n) is 15.1. The number of imide groups is 1. The lowest BCUT2D eigenvalue weighted by Crippen LogP contribution is -2.52. The van der Waals surface area contributed by atoms with E-state index in [4.69, 9.17) is 4.74 Å². The maximum Gasteiger partial charge on any atom is 0.313 e. The summed E-state index contributed by atoms with van der Waals surface area (Å²) in [5.74, 6) is -2.06. The largest absolute Gasteiger partial charge is 0.481 e. The second-order valence-corrected chi connectivity index (χ2v) is 6.99. The minimum absolute atomic E-state index is 0.0218. The van der Waals surface area contributed by atoms with Crippen molar-refractivity contribution < 1.29 is 29.0 Å². The molecule has 1 aromatic rings. The predicted octanol–water partition coefficient (Wildman–Crippen LogP) is 1.01. The van der Waals surface area contributed by atoms with Gasteiger partial charge >= 0.3 is 5.97 Å². The van der Waals surface area contributed by atoms with Crippen LogP contribution >= 0.6 is 0 Å². The van der Waals surface area contributed by atoms with Crippen molar-refractivity contribution in [2.45, 2.75) is 19.3 Å². The Morgan fingerprint density at radius 3 is 2.37 bits per heavy atom. The van der Waals surface area contributed by atoms with Crippen LogP contribution in [0.15, 0.2) is 24.3 Å². The van der Waals surface area contributed by atoms with Crippen molar-refractivity contribution in [2.75, 3.05) is 33.4 Å². The van der Waals surface area contributed by atoms with Crippen LogP contribution in [0.1, 0.15) is 40.0 Å². The Bertz CT molecular complexity index is 753. The van der Waals surface area contributed by atoms with Gasteiger partial charge in [-0.1, -0.05) is 12.1 Å². The summed E-state index contributed by atoms with van der Waals surface area (Å²) in [6, 6.07) is 6.56. The molecule has 8 nitrogen and oxygen atoms in total. The number of aliphatic carboxylic acids is 1. The third-order valence-electron chi connectivity index (χ3n) is 5.23. The van der Waals surface area contributed by atoms with Crippen molar-refractivity contribution in [1.29, 1.82) is 0 Å². The number of carbonyl (C=O) groups excluding carboxylic acids is 3. The first-order valence-corrected chi connectivity index (χ1v) is 8.85. The van der Waals surface area contributed by atoms with Crippen molar-refractivity contribution in [3.05, 3.63) is 35.4 Å². The first-order chi connectivity index (χ1) is 12.9. The number of nitrogens with zero attached hydrogens (tertiary/aromatic N) is 2. The highest BCUT2D eigenvalue weighted by atomic mass is 16.5. The van der Waals surface area contributed by atoms with Gasteiger partial charge in [0, 0.05) is 33.2 Å². The number of likely N-dealkylation sites (tertiary alicyclic amines) is 1. The van der Waals surface area contributed by atoms with E-state index in [-0.39, 0.29) is 32.0 Å². The van der Waals surface area contributed by atoms with Crippen LogP contribution in [-0.4, -0.2) is 71.9 Å². The summed E-state index contributed by atoms with van der Waals surface area (Å²) in [5, 5.41) is 9.58. The topological polar surface area (TPSA) is 104 Å². The van der Waals surface area contributed by atoms with Gasteiger partial charge in [0.25, 0.3) is 11.8 Å². The fourth-order valence-corrected chi connectivity index (χ4v) is 3.78. The molecule has 2 heterocycles. The number of rotatable bonds is 6. The quantitative estimate of drug-likeness (QED) is 0.746. The van der Waals surface area contributed by atoms with E-state index in [9.17, 15) is 24.3 Å². The van der Waals surface area contributed by atoms with E-state index in [1.54, 1.807) is 24.3 Å². The number of hydrogen-bond donors (Lipinski definition) is 1. The average molecular weight is 374 g/mol. The van der Waals surface area contributed by atoms with Crippen LogP contribution in [0.25, 0.3) is 0 Å². The molecule has 1 atom stereocenters. The molecule has 1 unspecified atom stereocenters. The molecule has 1 N–H and O–H groups in total. The molecule has 27 heavy (non-hydrogen) atoms. The molecule has 1 saturated heterocycles. The summed E-state index contributed by atoms with van der Waals surface area (Å²) < 4.78 is 5.06. The summed E-state index contributed by atoms with van der Waals surface area (Å²) in [6.07, 6.45) is 0.973. The zero-order chi connectivity index (χ0) is 19.6. The minimum Gasteiger partial charge on any atom is -0.481 e. The highest BCUT2D eigenvalue weighted by molar-refractivity contribution is 6.21. The molecule has 0 saturated carbocycles. The summed E-state index contributed by atoms with van der Waals surface area (Å²) in [6.45, 7) is 0.535. The number of methoxy groups -OCH3 is 1. The van der Waals surface area contributed by atoms with Crippen molar-refractivity contribution in [1.82, 2.24) is 9.80 Å². The van der Waals surface area contributed by atoms with E-state index in [1.165, 1.54) is 12.0 Å². The van der Waals surface area contributed by atoms with Gasteiger partial charge in [0.15, 0.2) is 0 Å². The van der Waals surface area contributed by atoms with Crippen LogP contribution in [0, 0.1) is 5.41 Å². The number of hydrogen-bond acceptors (Lipinski definition) is 5. The van der Waals surface area contributed by atoms with Gasteiger partial charge in [-0.05, 0) is 25.0 Å². The summed E-state index contributed by atoms with van der Waals surface area (Å²) in [5.41, 5.74) is -0.422. The number of fused-ring (bicyclic) bond motifs is 1. The molecular weight excluding hydrogens is 352 g/mol. The van der Waals surface area contributed by atoms with Crippen LogP contribution < -0.4 is 0 Å². The fraction of sp³-hybridized carbons (Fsp3) is 0.474. The Kier molecular flexibility index (Phi) is 5.27. The maximum atomic E-state index is 12.6. The Morgan fingerprint density at radius 2 is 1.81 bits per heavy atom. The molecule has 8 heteroatoms. The molecule has 2 aliphatic rings. The number of carboxylic acid groups (broad SMARTS) is 1. The van der Waals surface area contributed by atoms with Gasteiger partial charge in [0.05, 0.1) is 17.7 Å². The predicted molar refractivity (Wildman–Crippen MR) is 94.2 cm³/mol. The molecule has 3 amide bonds. The van der Waals surface area contributed by atoms with Gasteiger partial charge in [-0.3, -0.25) is 24.1 Å². The van der Waals surface area contributed by atoms with Gasteiger partial charge < -0.3 is 14.7 Å². The van der Waals surface area contributed by atoms with Gasteiger partial charge in [-0.2, -0.15) is 0 Å². The maximum absolute atomic E-state index is 12.6. The minimum atomic E-state index is -1.11. The lowest BCUT2D eigenvalue weighted by atomic mass is 9.80. The Morgan fingerprint density at radius 1 is 1.19 bits per heavy atom. The van der Waals surface area contributed by atoms with Crippen molar-refractivity contribution >= 4 is 23.7 Å². The van der Waals surface area contributed by atoms with E-state index in [1.807, 2.05) is 0 Å². The van der Waals surface area contributed by atoms with Crippen LogP contribution in [-0.2, 0) is 14.3 Å². The fourth-order valence-electron chi connectivity index (χ4n) is 3.78. The molecule has 0 radical (unpaired) electrons. The lowest BCUT2D eigenvalue weighted by molar-refractivity contribution is -0.159. The van der Waals surface area contributed by atoms with Gasteiger partial charge in [0.1, 0.15) is 5.41 Å². The summed E-state index contributed by atoms with van der Waals surface area (Å²) in [7, 11) is 1.44. The molecule has 144 valence electrons. The van der Waals surface area contributed by atoms with E-state index in [0.717, 1.165) is 4.90 Å². The average Bonchev–Trinajstić information content (AvgIpc) is 2.91. The first kappa shape index (κ1) is 19.0. The van der Waals surface area contributed by atoms with Crippen LogP contribution in [0.4, 0.5) is 0 Å². The third-order valence-corrected chi connectivity index (χ3v) is 5.23. The summed E-state index contributed by atoms with van der Waals surface area (Å²) >= 11 is 0. The van der Waals surface area contributed by atoms with Gasteiger partial charge in [-0.25, -0.2) is 0 Å². The van der Waals surface area contributed by atoms with Crippen molar-refractivity contribution in [3.8, 4) is 0 Å². The normalized spacial score (nSPS) is 22.1. The van der Waals surface area contributed by atoms with Gasteiger partial charge in [-0.15, -0.1) is 0 Å². The molecule has 1 fully saturated rings. The first-order valence-electron chi connectivity index (χ1n) is 8.85. The lowest BCUT2D eigenvalue weighted by Gasteiger charge is -2.39. The second-order valence-electron chi connectivity index (χ2n) is 6.99. The monoisotopic (exact) mass is 374 g/mol. The highest BCUT2D eigenvalue weighted by Crippen LogP contribution is 2.31. The van der Waals surface area contributed by atoms with E-state index >= 15 is 0 Å². The molecule has 0 spiro atoms. The zero-order valence-corrected chi connectivity index (χ0v) is 15.1. The number of piperidine rings is 1. The third kappa shape index (κ3) is 3.44. The van der Waals surface area contributed by atoms with E-state index in [0.29, 0.717) is 30.5 Å². The number of benzene rings is 1. The Hall–Kier alpha value is -2.74.